The molecule has 0 aliphatic heterocycles. The number of rotatable bonds is 6. The van der Waals surface area contributed by atoms with Gasteiger partial charge in [0.2, 0.25) is 0 Å². The van der Waals surface area contributed by atoms with Gasteiger partial charge in [-0.15, -0.1) is 11.3 Å². The fourth-order valence-corrected chi connectivity index (χ4v) is 4.09. The zero-order valence-electron chi connectivity index (χ0n) is 17.4. The van der Waals surface area contributed by atoms with Crippen LogP contribution in [-0.4, -0.2) is 23.4 Å². The van der Waals surface area contributed by atoms with Gasteiger partial charge in [0.15, 0.2) is 6.61 Å². The van der Waals surface area contributed by atoms with Crippen LogP contribution in [0.2, 0.25) is 0 Å². The van der Waals surface area contributed by atoms with Gasteiger partial charge in [0.25, 0.3) is 11.8 Å². The van der Waals surface area contributed by atoms with Crippen molar-refractivity contribution in [3.05, 3.63) is 95.5 Å². The molecule has 0 radical (unpaired) electrons. The summed E-state index contributed by atoms with van der Waals surface area (Å²) in [6, 6.07) is 26.9. The van der Waals surface area contributed by atoms with Crippen molar-refractivity contribution in [2.75, 3.05) is 6.61 Å². The number of carbonyl (C=O) groups is 2. The predicted molar refractivity (Wildman–Crippen MR) is 125 cm³/mol. The second-order valence-electron chi connectivity index (χ2n) is 6.95. The van der Waals surface area contributed by atoms with Gasteiger partial charge in [0, 0.05) is 11.1 Å². The lowest BCUT2D eigenvalue weighted by molar-refractivity contribution is -0.123. The van der Waals surface area contributed by atoms with Crippen molar-refractivity contribution in [3.63, 3.8) is 0 Å². The molecule has 0 aliphatic carbocycles. The third kappa shape index (κ3) is 5.01. The standard InChI is InChI=1S/C25H21N3O3S/c1-17-23(32-25(26-17)19-12-6-3-7-13-19)24(30)28-27-22(29)16-31-21-15-9-8-14-20(21)18-10-4-2-5-11-18/h2-15H,16H2,1H3,(H,27,29)(H,28,30). The number of nitrogens with one attached hydrogen (secondary N) is 2. The molecule has 4 aromatic rings. The first-order chi connectivity index (χ1) is 15.6. The summed E-state index contributed by atoms with van der Waals surface area (Å²) in [5, 5.41) is 0.750. The maximum atomic E-state index is 12.5. The summed E-state index contributed by atoms with van der Waals surface area (Å²) >= 11 is 1.28. The zero-order chi connectivity index (χ0) is 22.3. The molecule has 0 spiro atoms. The summed E-state index contributed by atoms with van der Waals surface area (Å²) in [5.74, 6) is -0.294. The van der Waals surface area contributed by atoms with Crippen molar-refractivity contribution in [1.29, 1.82) is 0 Å². The molecule has 4 rings (SSSR count). The first-order valence-corrected chi connectivity index (χ1v) is 10.8. The molecule has 0 unspecified atom stereocenters. The number of nitrogens with zero attached hydrogens (tertiary/aromatic N) is 1. The lowest BCUT2D eigenvalue weighted by Gasteiger charge is -2.12. The molecule has 0 bridgehead atoms. The summed E-state index contributed by atoms with van der Waals surface area (Å²) < 4.78 is 5.70. The van der Waals surface area contributed by atoms with E-state index in [0.29, 0.717) is 16.3 Å². The van der Waals surface area contributed by atoms with Gasteiger partial charge in [-0.2, -0.15) is 0 Å². The largest absolute Gasteiger partial charge is 0.483 e. The van der Waals surface area contributed by atoms with E-state index in [1.807, 2.05) is 78.9 Å². The number of carbonyl (C=O) groups excluding carboxylic acids is 2. The van der Waals surface area contributed by atoms with E-state index in [1.165, 1.54) is 11.3 Å². The molecule has 0 aliphatic rings. The molecule has 7 heteroatoms. The Morgan fingerprint density at radius 2 is 1.47 bits per heavy atom. The lowest BCUT2D eigenvalue weighted by Crippen LogP contribution is -2.43. The summed E-state index contributed by atoms with van der Waals surface area (Å²) in [5.41, 5.74) is 8.27. The molecular formula is C25H21N3O3S. The number of benzene rings is 3. The van der Waals surface area contributed by atoms with Gasteiger partial charge in [-0.05, 0) is 18.6 Å². The number of thiazole rings is 1. The first-order valence-electron chi connectivity index (χ1n) is 10.0. The molecule has 2 N–H and O–H groups in total. The van der Waals surface area contributed by atoms with E-state index in [9.17, 15) is 9.59 Å². The maximum Gasteiger partial charge on any atom is 0.281 e. The minimum atomic E-state index is -0.466. The zero-order valence-corrected chi connectivity index (χ0v) is 18.2. The van der Waals surface area contributed by atoms with Gasteiger partial charge in [-0.1, -0.05) is 78.9 Å². The minimum Gasteiger partial charge on any atom is -0.483 e. The van der Waals surface area contributed by atoms with E-state index in [-0.39, 0.29) is 6.61 Å². The molecule has 6 nitrogen and oxygen atoms in total. The van der Waals surface area contributed by atoms with Crippen molar-refractivity contribution in [2.45, 2.75) is 6.92 Å². The molecule has 1 aromatic heterocycles. The quantitative estimate of drug-likeness (QED) is 0.426. The van der Waals surface area contributed by atoms with E-state index in [0.717, 1.165) is 21.7 Å². The van der Waals surface area contributed by atoms with E-state index >= 15 is 0 Å². The number of para-hydroxylation sites is 1. The van der Waals surface area contributed by atoms with Crippen LogP contribution in [-0.2, 0) is 4.79 Å². The van der Waals surface area contributed by atoms with Crippen LogP contribution in [0, 0.1) is 6.92 Å². The van der Waals surface area contributed by atoms with E-state index in [2.05, 4.69) is 15.8 Å². The SMILES string of the molecule is Cc1nc(-c2ccccc2)sc1C(=O)NNC(=O)COc1ccccc1-c1ccccc1. The van der Waals surface area contributed by atoms with E-state index < -0.39 is 11.8 Å². The van der Waals surface area contributed by atoms with Crippen molar-refractivity contribution in [3.8, 4) is 27.4 Å². The Morgan fingerprint density at radius 1 is 0.844 bits per heavy atom. The summed E-state index contributed by atoms with van der Waals surface area (Å²) in [6.07, 6.45) is 0. The van der Waals surface area contributed by atoms with Crippen LogP contribution in [0.3, 0.4) is 0 Å². The molecular weight excluding hydrogens is 422 g/mol. The number of hydrazine groups is 1. The van der Waals surface area contributed by atoms with Crippen LogP contribution < -0.4 is 15.6 Å². The van der Waals surface area contributed by atoms with Gasteiger partial charge >= 0.3 is 0 Å². The normalized spacial score (nSPS) is 10.4. The number of hydrogen-bond acceptors (Lipinski definition) is 5. The van der Waals surface area contributed by atoms with Gasteiger partial charge < -0.3 is 4.74 Å². The Kier molecular flexibility index (Phi) is 6.57. The van der Waals surface area contributed by atoms with Crippen molar-refractivity contribution in [2.24, 2.45) is 0 Å². The Labute approximate surface area is 189 Å². The molecule has 160 valence electrons. The van der Waals surface area contributed by atoms with E-state index in [1.54, 1.807) is 13.0 Å². The van der Waals surface area contributed by atoms with Gasteiger partial charge in [-0.25, -0.2) is 4.98 Å². The van der Waals surface area contributed by atoms with Crippen LogP contribution in [0.5, 0.6) is 5.75 Å². The highest BCUT2D eigenvalue weighted by atomic mass is 32.1. The summed E-state index contributed by atoms with van der Waals surface area (Å²) in [4.78, 5) is 29.7. The molecule has 0 saturated carbocycles. The Hall–Kier alpha value is -3.97. The van der Waals surface area contributed by atoms with Crippen LogP contribution in [0.1, 0.15) is 15.4 Å². The van der Waals surface area contributed by atoms with Crippen molar-refractivity contribution < 1.29 is 14.3 Å². The maximum absolute atomic E-state index is 12.5. The molecule has 1 heterocycles. The highest BCUT2D eigenvalue weighted by molar-refractivity contribution is 7.17. The molecule has 0 fully saturated rings. The van der Waals surface area contributed by atoms with Crippen LogP contribution in [0.25, 0.3) is 21.7 Å². The number of ether oxygens (including phenoxy) is 1. The third-order valence-electron chi connectivity index (χ3n) is 4.67. The highest BCUT2D eigenvalue weighted by Gasteiger charge is 2.17. The topological polar surface area (TPSA) is 80.3 Å². The highest BCUT2D eigenvalue weighted by Crippen LogP contribution is 2.29. The van der Waals surface area contributed by atoms with Crippen LogP contribution in [0.4, 0.5) is 0 Å². The second-order valence-corrected chi connectivity index (χ2v) is 7.95. The van der Waals surface area contributed by atoms with E-state index in [4.69, 9.17) is 4.74 Å². The van der Waals surface area contributed by atoms with Gasteiger partial charge in [0.05, 0.1) is 5.69 Å². The lowest BCUT2D eigenvalue weighted by atomic mass is 10.1. The average molecular weight is 444 g/mol. The van der Waals surface area contributed by atoms with Crippen LogP contribution in [0.15, 0.2) is 84.9 Å². The number of hydrogen-bond donors (Lipinski definition) is 2. The summed E-state index contributed by atoms with van der Waals surface area (Å²) in [6.45, 7) is 1.53. The Bertz CT molecular complexity index is 1220. The molecule has 0 saturated heterocycles. The van der Waals surface area contributed by atoms with Crippen molar-refractivity contribution in [1.82, 2.24) is 15.8 Å². The Morgan fingerprint density at radius 3 is 2.19 bits per heavy atom. The Balaban J connectivity index is 1.35. The number of aryl methyl sites for hydroxylation is 1. The van der Waals surface area contributed by atoms with Gasteiger partial charge in [-0.3, -0.25) is 20.4 Å². The fraction of sp³-hybridized carbons (Fsp3) is 0.0800. The molecule has 32 heavy (non-hydrogen) atoms. The minimum absolute atomic E-state index is 0.235. The monoisotopic (exact) mass is 443 g/mol. The molecule has 3 aromatic carbocycles. The predicted octanol–water partition coefficient (Wildman–Crippen LogP) is 4.63. The van der Waals surface area contributed by atoms with Crippen LogP contribution >= 0.6 is 11.3 Å². The molecule has 2 amide bonds. The average Bonchev–Trinajstić information content (AvgIpc) is 3.24. The fourth-order valence-electron chi connectivity index (χ4n) is 3.12. The summed E-state index contributed by atoms with van der Waals surface area (Å²) in [7, 11) is 0. The third-order valence-corrected chi connectivity index (χ3v) is 5.87. The number of aromatic nitrogens is 1. The first kappa shape index (κ1) is 21.3. The number of amides is 2. The smallest absolute Gasteiger partial charge is 0.281 e. The van der Waals surface area contributed by atoms with Crippen molar-refractivity contribution >= 4 is 23.2 Å². The second kappa shape index (κ2) is 9.89. The van der Waals surface area contributed by atoms with Gasteiger partial charge in [0.1, 0.15) is 15.6 Å². The molecule has 0 atom stereocenters.